The molecule has 1 fully saturated rings. The van der Waals surface area contributed by atoms with Gasteiger partial charge >= 0.3 is 0 Å². The van der Waals surface area contributed by atoms with Crippen LogP contribution >= 0.6 is 0 Å². The molecule has 0 saturated heterocycles. The van der Waals surface area contributed by atoms with Crippen LogP contribution in [0.5, 0.6) is 0 Å². The van der Waals surface area contributed by atoms with Gasteiger partial charge in [0, 0.05) is 25.1 Å². The molecule has 1 saturated carbocycles. The fourth-order valence-electron chi connectivity index (χ4n) is 2.65. The topological polar surface area (TPSA) is 61.0 Å². The van der Waals surface area contributed by atoms with Gasteiger partial charge < -0.3 is 9.26 Å². The molecule has 0 radical (unpaired) electrons. The van der Waals surface area contributed by atoms with Crippen LogP contribution in [0, 0.1) is 0 Å². The fraction of sp³-hybridized carbons (Fsp3) is 0.500. The van der Waals surface area contributed by atoms with Gasteiger partial charge in [0.25, 0.3) is 5.89 Å². The van der Waals surface area contributed by atoms with Gasteiger partial charge in [-0.2, -0.15) is 4.98 Å². The second-order valence-electron chi connectivity index (χ2n) is 4.92. The van der Waals surface area contributed by atoms with Crippen LogP contribution in [0.2, 0.25) is 0 Å². The number of nitrogens with zero attached hydrogens (tertiary/aromatic N) is 3. The highest BCUT2D eigenvalue weighted by atomic mass is 16.5. The molecule has 3 rings (SSSR count). The molecule has 2 heterocycles. The van der Waals surface area contributed by atoms with E-state index >= 15 is 0 Å². The molecule has 5 nitrogen and oxygen atoms in total. The van der Waals surface area contributed by atoms with Crippen LogP contribution in [-0.4, -0.2) is 22.2 Å². The fourth-order valence-corrected chi connectivity index (χ4v) is 2.65. The summed E-state index contributed by atoms with van der Waals surface area (Å²) in [5.74, 6) is 1.20. The maximum atomic E-state index is 5.71. The molecule has 0 aliphatic heterocycles. The molecule has 2 aromatic rings. The smallest absolute Gasteiger partial charge is 0.259 e. The van der Waals surface area contributed by atoms with Gasteiger partial charge in [0.15, 0.2) is 0 Å². The molecular weight excluding hydrogens is 242 g/mol. The molecule has 5 heteroatoms. The quantitative estimate of drug-likeness (QED) is 0.848. The van der Waals surface area contributed by atoms with Crippen molar-refractivity contribution < 1.29 is 9.26 Å². The second kappa shape index (κ2) is 5.09. The second-order valence-corrected chi connectivity index (χ2v) is 4.92. The number of hydrogen-bond donors (Lipinski definition) is 0. The SMILES string of the molecule is COC1(c2nc(-c3ccncc3)no2)CCCCC1. The van der Waals surface area contributed by atoms with Crippen molar-refractivity contribution in [3.63, 3.8) is 0 Å². The highest BCUT2D eigenvalue weighted by Gasteiger charge is 2.39. The molecule has 19 heavy (non-hydrogen) atoms. The summed E-state index contributed by atoms with van der Waals surface area (Å²) in [6, 6.07) is 3.74. The van der Waals surface area contributed by atoms with Crippen molar-refractivity contribution in [3.8, 4) is 11.4 Å². The Hall–Kier alpha value is -1.75. The van der Waals surface area contributed by atoms with Gasteiger partial charge in [0.2, 0.25) is 5.82 Å². The first-order valence-corrected chi connectivity index (χ1v) is 6.64. The number of methoxy groups -OCH3 is 1. The lowest BCUT2D eigenvalue weighted by Gasteiger charge is -2.32. The maximum absolute atomic E-state index is 5.71. The molecule has 0 amide bonds. The monoisotopic (exact) mass is 259 g/mol. The number of hydrogen-bond acceptors (Lipinski definition) is 5. The first-order chi connectivity index (χ1) is 9.34. The van der Waals surface area contributed by atoms with Crippen molar-refractivity contribution in [1.29, 1.82) is 0 Å². The zero-order valence-corrected chi connectivity index (χ0v) is 11.0. The first kappa shape index (κ1) is 12.3. The van der Waals surface area contributed by atoms with Crippen LogP contribution in [0.1, 0.15) is 38.0 Å². The Labute approximate surface area is 112 Å². The van der Waals surface area contributed by atoms with Crippen molar-refractivity contribution in [2.24, 2.45) is 0 Å². The van der Waals surface area contributed by atoms with Crippen molar-refractivity contribution in [2.45, 2.75) is 37.7 Å². The molecule has 0 aromatic carbocycles. The van der Waals surface area contributed by atoms with Gasteiger partial charge in [-0.25, -0.2) is 0 Å². The molecule has 0 bridgehead atoms. The average Bonchev–Trinajstić information content (AvgIpc) is 2.99. The van der Waals surface area contributed by atoms with Crippen molar-refractivity contribution in [2.75, 3.05) is 7.11 Å². The predicted molar refractivity (Wildman–Crippen MR) is 69.3 cm³/mol. The van der Waals surface area contributed by atoms with E-state index in [0.29, 0.717) is 11.7 Å². The van der Waals surface area contributed by atoms with Crippen molar-refractivity contribution in [3.05, 3.63) is 30.4 Å². The lowest BCUT2D eigenvalue weighted by molar-refractivity contribution is -0.0672. The molecule has 0 unspecified atom stereocenters. The summed E-state index contributed by atoms with van der Waals surface area (Å²) in [4.78, 5) is 8.50. The maximum Gasteiger partial charge on any atom is 0.259 e. The zero-order valence-electron chi connectivity index (χ0n) is 11.0. The van der Waals surface area contributed by atoms with Crippen molar-refractivity contribution >= 4 is 0 Å². The van der Waals surface area contributed by atoms with E-state index in [9.17, 15) is 0 Å². The van der Waals surface area contributed by atoms with E-state index in [1.807, 2.05) is 12.1 Å². The van der Waals surface area contributed by atoms with E-state index in [4.69, 9.17) is 9.26 Å². The molecule has 0 spiro atoms. The van der Waals surface area contributed by atoms with Crippen molar-refractivity contribution in [1.82, 2.24) is 15.1 Å². The molecule has 1 aliphatic carbocycles. The van der Waals surface area contributed by atoms with Crippen LogP contribution in [0.15, 0.2) is 29.0 Å². The van der Waals surface area contributed by atoms with Gasteiger partial charge in [-0.1, -0.05) is 24.4 Å². The molecular formula is C14H17N3O2. The van der Waals surface area contributed by atoms with E-state index in [-0.39, 0.29) is 0 Å². The van der Waals surface area contributed by atoms with E-state index < -0.39 is 5.60 Å². The van der Waals surface area contributed by atoms with Gasteiger partial charge in [0.05, 0.1) is 0 Å². The average molecular weight is 259 g/mol. The summed E-state index contributed by atoms with van der Waals surface area (Å²) in [6.45, 7) is 0. The van der Waals surface area contributed by atoms with Gasteiger partial charge in [-0.3, -0.25) is 4.98 Å². The van der Waals surface area contributed by atoms with E-state index in [2.05, 4.69) is 15.1 Å². The lowest BCUT2D eigenvalue weighted by atomic mass is 9.84. The summed E-state index contributed by atoms with van der Waals surface area (Å²) in [7, 11) is 1.72. The summed E-state index contributed by atoms with van der Waals surface area (Å²) >= 11 is 0. The highest BCUT2D eigenvalue weighted by molar-refractivity contribution is 5.52. The Balaban J connectivity index is 1.92. The standard InChI is InChI=1S/C14H17N3O2/c1-18-14(7-3-2-4-8-14)13-16-12(17-19-13)11-5-9-15-10-6-11/h5-6,9-10H,2-4,7-8H2,1H3. The van der Waals surface area contributed by atoms with Crippen LogP contribution in [-0.2, 0) is 10.3 Å². The number of aromatic nitrogens is 3. The summed E-state index contributed by atoms with van der Waals surface area (Å²) in [6.07, 6.45) is 8.86. The van der Waals surface area contributed by atoms with E-state index in [0.717, 1.165) is 31.2 Å². The largest absolute Gasteiger partial charge is 0.368 e. The molecule has 0 atom stereocenters. The lowest BCUT2D eigenvalue weighted by Crippen LogP contribution is -2.31. The molecule has 0 N–H and O–H groups in total. The number of pyridine rings is 1. The Kier molecular flexibility index (Phi) is 3.29. The van der Waals surface area contributed by atoms with E-state index in [1.165, 1.54) is 6.42 Å². The molecule has 2 aromatic heterocycles. The third-order valence-corrected chi connectivity index (χ3v) is 3.81. The summed E-state index contributed by atoms with van der Waals surface area (Å²) in [5, 5.41) is 4.06. The third-order valence-electron chi connectivity index (χ3n) is 3.81. The van der Waals surface area contributed by atoms with Gasteiger partial charge in [-0.15, -0.1) is 0 Å². The zero-order chi connectivity index (χ0) is 13.1. The number of rotatable bonds is 3. The first-order valence-electron chi connectivity index (χ1n) is 6.64. The molecule has 100 valence electrons. The van der Waals surface area contributed by atoms with Crippen LogP contribution in [0.3, 0.4) is 0 Å². The highest BCUT2D eigenvalue weighted by Crippen LogP contribution is 2.39. The Morgan fingerprint density at radius 1 is 1.16 bits per heavy atom. The summed E-state index contributed by atoms with van der Waals surface area (Å²) in [5.41, 5.74) is 0.517. The third kappa shape index (κ3) is 2.26. The minimum absolute atomic E-state index is 0.392. The molecule has 1 aliphatic rings. The summed E-state index contributed by atoms with van der Waals surface area (Å²) < 4.78 is 11.2. The number of ether oxygens (including phenoxy) is 1. The van der Waals surface area contributed by atoms with Gasteiger partial charge in [0.1, 0.15) is 5.60 Å². The Morgan fingerprint density at radius 3 is 2.58 bits per heavy atom. The van der Waals surface area contributed by atoms with Gasteiger partial charge in [-0.05, 0) is 25.0 Å². The van der Waals surface area contributed by atoms with E-state index in [1.54, 1.807) is 19.5 Å². The van der Waals surface area contributed by atoms with Crippen LogP contribution in [0.4, 0.5) is 0 Å². The minimum Gasteiger partial charge on any atom is -0.368 e. The normalized spacial score (nSPS) is 18.4. The minimum atomic E-state index is -0.392. The van der Waals surface area contributed by atoms with Crippen LogP contribution < -0.4 is 0 Å². The Bertz CT molecular complexity index is 533. The van der Waals surface area contributed by atoms with Crippen LogP contribution in [0.25, 0.3) is 11.4 Å². The predicted octanol–water partition coefficient (Wildman–Crippen LogP) is 2.94. The Morgan fingerprint density at radius 2 is 1.89 bits per heavy atom.